The SMILES string of the molecule is O=C(O)[C@@H]1C[C@@H](O)CN1C(=O)C=Cc1ccccc1. The van der Waals surface area contributed by atoms with E-state index < -0.39 is 24.0 Å². The smallest absolute Gasteiger partial charge is 0.326 e. The van der Waals surface area contributed by atoms with Crippen LogP contribution in [0.4, 0.5) is 0 Å². The number of rotatable bonds is 3. The van der Waals surface area contributed by atoms with Gasteiger partial charge in [0, 0.05) is 19.0 Å². The number of aliphatic carboxylic acids is 1. The molecule has 1 saturated heterocycles. The van der Waals surface area contributed by atoms with Crippen molar-refractivity contribution in [1.29, 1.82) is 0 Å². The molecule has 0 radical (unpaired) electrons. The lowest BCUT2D eigenvalue weighted by Gasteiger charge is -2.19. The zero-order valence-electron chi connectivity index (χ0n) is 10.3. The molecule has 0 bridgehead atoms. The molecule has 19 heavy (non-hydrogen) atoms. The molecule has 1 heterocycles. The first-order valence-electron chi connectivity index (χ1n) is 6.02. The van der Waals surface area contributed by atoms with Crippen LogP contribution in [0, 0.1) is 0 Å². The zero-order chi connectivity index (χ0) is 13.8. The fraction of sp³-hybridized carbons (Fsp3) is 0.286. The first-order chi connectivity index (χ1) is 9.08. The third-order valence-corrected chi connectivity index (χ3v) is 3.07. The number of carbonyl (C=O) groups excluding carboxylic acids is 1. The highest BCUT2D eigenvalue weighted by atomic mass is 16.4. The standard InChI is InChI=1S/C14H15NO4/c16-11-8-12(14(18)19)15(9-11)13(17)7-6-10-4-2-1-3-5-10/h1-7,11-12,16H,8-9H2,(H,18,19)/t11-,12+/m1/s1. The molecule has 1 amide bonds. The van der Waals surface area contributed by atoms with Gasteiger partial charge in [-0.1, -0.05) is 30.3 Å². The van der Waals surface area contributed by atoms with Crippen LogP contribution in [0.2, 0.25) is 0 Å². The van der Waals surface area contributed by atoms with Gasteiger partial charge in [0.15, 0.2) is 0 Å². The summed E-state index contributed by atoms with van der Waals surface area (Å²) in [5, 5.41) is 18.5. The summed E-state index contributed by atoms with van der Waals surface area (Å²) in [4.78, 5) is 24.1. The molecule has 1 aromatic rings. The van der Waals surface area contributed by atoms with Crippen LogP contribution < -0.4 is 0 Å². The number of benzene rings is 1. The number of likely N-dealkylation sites (tertiary alicyclic amines) is 1. The lowest BCUT2D eigenvalue weighted by molar-refractivity contribution is -0.146. The van der Waals surface area contributed by atoms with Crippen molar-refractivity contribution in [3.63, 3.8) is 0 Å². The van der Waals surface area contributed by atoms with Crippen molar-refractivity contribution in [2.75, 3.05) is 6.54 Å². The Labute approximate surface area is 110 Å². The summed E-state index contributed by atoms with van der Waals surface area (Å²) in [6.07, 6.45) is 2.28. The van der Waals surface area contributed by atoms with Gasteiger partial charge < -0.3 is 15.1 Å². The van der Waals surface area contributed by atoms with Crippen LogP contribution in [0.3, 0.4) is 0 Å². The first-order valence-corrected chi connectivity index (χ1v) is 6.02. The molecule has 0 aliphatic carbocycles. The second kappa shape index (κ2) is 5.67. The van der Waals surface area contributed by atoms with E-state index in [1.54, 1.807) is 6.08 Å². The summed E-state index contributed by atoms with van der Waals surface area (Å²) in [6.45, 7) is 0.0644. The van der Waals surface area contributed by atoms with Gasteiger partial charge in [-0.25, -0.2) is 4.79 Å². The lowest BCUT2D eigenvalue weighted by atomic mass is 10.2. The van der Waals surface area contributed by atoms with Crippen LogP contribution in [0.1, 0.15) is 12.0 Å². The summed E-state index contributed by atoms with van der Waals surface area (Å²) in [6, 6.07) is 8.32. The largest absolute Gasteiger partial charge is 0.480 e. The van der Waals surface area contributed by atoms with Crippen molar-refractivity contribution in [2.24, 2.45) is 0 Å². The Hall–Kier alpha value is -2.14. The van der Waals surface area contributed by atoms with Crippen molar-refractivity contribution >= 4 is 18.0 Å². The normalized spacial score (nSPS) is 22.9. The second-order valence-electron chi connectivity index (χ2n) is 4.48. The van der Waals surface area contributed by atoms with E-state index in [0.29, 0.717) is 0 Å². The third kappa shape index (κ3) is 3.20. The molecule has 2 N–H and O–H groups in total. The van der Waals surface area contributed by atoms with Crippen molar-refractivity contribution in [3.05, 3.63) is 42.0 Å². The molecule has 0 aromatic heterocycles. The number of aliphatic hydroxyl groups is 1. The number of carboxylic acids is 1. The van der Waals surface area contributed by atoms with Gasteiger partial charge in [0.05, 0.1) is 6.10 Å². The molecule has 5 heteroatoms. The summed E-state index contributed by atoms with van der Waals surface area (Å²) in [5.41, 5.74) is 0.863. The van der Waals surface area contributed by atoms with Gasteiger partial charge >= 0.3 is 5.97 Å². The number of aliphatic hydroxyl groups excluding tert-OH is 1. The predicted octanol–water partition coefficient (Wildman–Crippen LogP) is 0.746. The number of β-amino-alcohol motifs (C(OH)–C–C–N with tert-alkyl or cyclic N) is 1. The molecule has 0 saturated carbocycles. The van der Waals surface area contributed by atoms with E-state index in [1.165, 1.54) is 11.0 Å². The van der Waals surface area contributed by atoms with Crippen molar-refractivity contribution in [1.82, 2.24) is 4.90 Å². The summed E-state index contributed by atoms with van der Waals surface area (Å²) < 4.78 is 0. The van der Waals surface area contributed by atoms with Gasteiger partial charge in [0.25, 0.3) is 0 Å². The number of amides is 1. The van der Waals surface area contributed by atoms with Crippen LogP contribution in [-0.2, 0) is 9.59 Å². The molecule has 100 valence electrons. The average molecular weight is 261 g/mol. The Morgan fingerprint density at radius 2 is 1.95 bits per heavy atom. The van der Waals surface area contributed by atoms with Gasteiger partial charge in [0.1, 0.15) is 6.04 Å². The van der Waals surface area contributed by atoms with Gasteiger partial charge in [0.2, 0.25) is 5.91 Å². The van der Waals surface area contributed by atoms with E-state index >= 15 is 0 Å². The zero-order valence-corrected chi connectivity index (χ0v) is 10.3. The predicted molar refractivity (Wildman–Crippen MR) is 69.2 cm³/mol. The van der Waals surface area contributed by atoms with E-state index in [1.807, 2.05) is 30.3 Å². The number of hydrogen-bond donors (Lipinski definition) is 2. The Bertz CT molecular complexity index is 497. The second-order valence-corrected chi connectivity index (χ2v) is 4.48. The van der Waals surface area contributed by atoms with Crippen LogP contribution in [0.15, 0.2) is 36.4 Å². The lowest BCUT2D eigenvalue weighted by Crippen LogP contribution is -2.39. The van der Waals surface area contributed by atoms with Crippen LogP contribution in [0.25, 0.3) is 6.08 Å². The number of hydrogen-bond acceptors (Lipinski definition) is 3. The highest BCUT2D eigenvalue weighted by molar-refractivity contribution is 5.94. The van der Waals surface area contributed by atoms with Crippen molar-refractivity contribution in [2.45, 2.75) is 18.6 Å². The Morgan fingerprint density at radius 1 is 1.26 bits per heavy atom. The minimum Gasteiger partial charge on any atom is -0.480 e. The maximum absolute atomic E-state index is 11.9. The summed E-state index contributed by atoms with van der Waals surface area (Å²) >= 11 is 0. The average Bonchev–Trinajstić information content (AvgIpc) is 2.79. The molecular weight excluding hydrogens is 246 g/mol. The molecule has 1 aromatic carbocycles. The Morgan fingerprint density at radius 3 is 2.58 bits per heavy atom. The van der Waals surface area contributed by atoms with E-state index in [2.05, 4.69) is 0 Å². The number of nitrogens with zero attached hydrogens (tertiary/aromatic N) is 1. The Kier molecular flexibility index (Phi) is 3.97. The molecule has 1 fully saturated rings. The molecule has 5 nitrogen and oxygen atoms in total. The van der Waals surface area contributed by atoms with Crippen molar-refractivity contribution in [3.8, 4) is 0 Å². The third-order valence-electron chi connectivity index (χ3n) is 3.07. The fourth-order valence-corrected chi connectivity index (χ4v) is 2.12. The quantitative estimate of drug-likeness (QED) is 0.787. The first kappa shape index (κ1) is 13.3. The van der Waals surface area contributed by atoms with E-state index in [4.69, 9.17) is 5.11 Å². The van der Waals surface area contributed by atoms with E-state index in [0.717, 1.165) is 5.56 Å². The van der Waals surface area contributed by atoms with Gasteiger partial charge in [-0.15, -0.1) is 0 Å². The summed E-state index contributed by atoms with van der Waals surface area (Å²) in [7, 11) is 0. The van der Waals surface area contributed by atoms with Gasteiger partial charge in [-0.3, -0.25) is 4.79 Å². The van der Waals surface area contributed by atoms with Crippen LogP contribution >= 0.6 is 0 Å². The van der Waals surface area contributed by atoms with Gasteiger partial charge in [-0.05, 0) is 11.6 Å². The van der Waals surface area contributed by atoms with Gasteiger partial charge in [-0.2, -0.15) is 0 Å². The molecule has 2 rings (SSSR count). The topological polar surface area (TPSA) is 77.8 Å². The molecule has 1 aliphatic heterocycles. The fourth-order valence-electron chi connectivity index (χ4n) is 2.12. The van der Waals surface area contributed by atoms with Crippen molar-refractivity contribution < 1.29 is 19.8 Å². The minimum atomic E-state index is -1.09. The molecule has 2 atom stereocenters. The van der Waals surface area contributed by atoms with E-state index in [9.17, 15) is 14.7 Å². The number of carboxylic acid groups (broad SMARTS) is 1. The monoisotopic (exact) mass is 261 g/mol. The molecular formula is C14H15NO4. The number of carbonyl (C=O) groups is 2. The van der Waals surface area contributed by atoms with Crippen LogP contribution in [-0.4, -0.2) is 45.7 Å². The Balaban J connectivity index is 2.07. The minimum absolute atomic E-state index is 0.0644. The summed E-state index contributed by atoms with van der Waals surface area (Å²) in [5.74, 6) is -1.48. The van der Waals surface area contributed by atoms with E-state index in [-0.39, 0.29) is 13.0 Å². The van der Waals surface area contributed by atoms with Crippen LogP contribution in [0.5, 0.6) is 0 Å². The molecule has 1 aliphatic rings. The molecule has 0 unspecified atom stereocenters. The molecule has 0 spiro atoms. The maximum atomic E-state index is 11.9. The maximum Gasteiger partial charge on any atom is 0.326 e. The highest BCUT2D eigenvalue weighted by Crippen LogP contribution is 2.18. The highest BCUT2D eigenvalue weighted by Gasteiger charge is 2.37.